The molecule has 112 valence electrons. The summed E-state index contributed by atoms with van der Waals surface area (Å²) in [5.41, 5.74) is 2.32. The highest BCUT2D eigenvalue weighted by molar-refractivity contribution is 6.10. The molecule has 3 heteroatoms. The Bertz CT molecular complexity index is 544. The lowest BCUT2D eigenvalue weighted by Gasteiger charge is -2.27. The average molecular weight is 285 g/mol. The summed E-state index contributed by atoms with van der Waals surface area (Å²) in [6.07, 6.45) is 4.64. The van der Waals surface area contributed by atoms with Gasteiger partial charge in [0, 0.05) is 0 Å². The molecule has 0 saturated carbocycles. The van der Waals surface area contributed by atoms with Crippen molar-refractivity contribution in [3.05, 3.63) is 47.7 Å². The van der Waals surface area contributed by atoms with Crippen molar-refractivity contribution >= 4 is 11.7 Å². The molecular weight excluding hydrogens is 262 g/mol. The second-order valence-corrected chi connectivity index (χ2v) is 5.66. The molecule has 0 bridgehead atoms. The summed E-state index contributed by atoms with van der Waals surface area (Å²) in [6.45, 7) is 6.22. The Balaban J connectivity index is 2.36. The normalized spacial score (nSPS) is 20.6. The van der Waals surface area contributed by atoms with E-state index >= 15 is 0 Å². The summed E-state index contributed by atoms with van der Waals surface area (Å²) in [7, 11) is 0. The van der Waals surface area contributed by atoms with E-state index in [1.54, 1.807) is 0 Å². The van der Waals surface area contributed by atoms with Crippen LogP contribution in [0.15, 0.2) is 47.1 Å². The fraction of sp³-hybridized carbons (Fsp3) is 0.444. The van der Waals surface area contributed by atoms with Crippen molar-refractivity contribution in [1.82, 2.24) is 0 Å². The molecule has 2 rings (SSSR count). The van der Waals surface area contributed by atoms with Crippen LogP contribution in [-0.2, 0) is 9.53 Å². The monoisotopic (exact) mass is 285 g/mol. The molecule has 0 aromatic heterocycles. The van der Waals surface area contributed by atoms with Crippen molar-refractivity contribution < 1.29 is 9.53 Å². The first-order valence-electron chi connectivity index (χ1n) is 7.68. The number of cyclic esters (lactones) is 1. The summed E-state index contributed by atoms with van der Waals surface area (Å²) in [5, 5.41) is 0. The maximum absolute atomic E-state index is 12.1. The van der Waals surface area contributed by atoms with Crippen LogP contribution in [0.4, 0.5) is 0 Å². The highest BCUT2D eigenvalue weighted by atomic mass is 16.5. The van der Waals surface area contributed by atoms with Crippen LogP contribution in [0.3, 0.4) is 0 Å². The SMILES string of the molecule is CCCC/C=C1\N=C(c2ccccc2)C(C(C)C)OC1=O. The van der Waals surface area contributed by atoms with Gasteiger partial charge in [-0.25, -0.2) is 9.79 Å². The average Bonchev–Trinajstić information content (AvgIpc) is 2.49. The molecule has 1 unspecified atom stereocenters. The Labute approximate surface area is 126 Å². The zero-order valence-corrected chi connectivity index (χ0v) is 13.0. The standard InChI is InChI=1S/C18H23NO2/c1-4-5-7-12-15-18(20)21-17(13(2)3)16(19-15)14-10-8-6-9-11-14/h6,8-13,17H,4-5,7H2,1-3H3/b15-12-. The number of hydrogen-bond donors (Lipinski definition) is 0. The lowest BCUT2D eigenvalue weighted by molar-refractivity contribution is -0.143. The number of ether oxygens (including phenoxy) is 1. The number of unbranched alkanes of at least 4 members (excludes halogenated alkanes) is 2. The lowest BCUT2D eigenvalue weighted by Crippen LogP contribution is -2.37. The first-order chi connectivity index (χ1) is 10.1. The number of hydrogen-bond acceptors (Lipinski definition) is 3. The minimum absolute atomic E-state index is 0.199. The molecule has 0 fully saturated rings. The molecule has 1 aliphatic heterocycles. The van der Waals surface area contributed by atoms with Crippen molar-refractivity contribution in [1.29, 1.82) is 0 Å². The van der Waals surface area contributed by atoms with Gasteiger partial charge in [-0.05, 0) is 24.3 Å². The molecule has 1 aromatic rings. The summed E-state index contributed by atoms with van der Waals surface area (Å²) in [4.78, 5) is 16.7. The Morgan fingerprint density at radius 3 is 2.62 bits per heavy atom. The summed E-state index contributed by atoms with van der Waals surface area (Å²) in [5.74, 6) is -0.102. The van der Waals surface area contributed by atoms with Gasteiger partial charge in [-0.3, -0.25) is 0 Å². The van der Waals surface area contributed by atoms with Crippen LogP contribution in [0.1, 0.15) is 45.6 Å². The van der Waals surface area contributed by atoms with Crippen LogP contribution in [0, 0.1) is 5.92 Å². The number of allylic oxidation sites excluding steroid dienone is 1. The minimum atomic E-state index is -0.301. The quantitative estimate of drug-likeness (QED) is 0.463. The zero-order chi connectivity index (χ0) is 15.2. The molecular formula is C18H23NO2. The van der Waals surface area contributed by atoms with E-state index in [9.17, 15) is 4.79 Å². The fourth-order valence-electron chi connectivity index (χ4n) is 2.33. The van der Waals surface area contributed by atoms with Crippen LogP contribution in [0.2, 0.25) is 0 Å². The van der Waals surface area contributed by atoms with Crippen LogP contribution in [-0.4, -0.2) is 17.8 Å². The maximum atomic E-state index is 12.1. The van der Waals surface area contributed by atoms with Gasteiger partial charge in [-0.2, -0.15) is 0 Å². The largest absolute Gasteiger partial charge is 0.451 e. The minimum Gasteiger partial charge on any atom is -0.451 e. The van der Waals surface area contributed by atoms with E-state index < -0.39 is 0 Å². The van der Waals surface area contributed by atoms with Crippen molar-refractivity contribution in [2.45, 2.75) is 46.1 Å². The maximum Gasteiger partial charge on any atom is 0.357 e. The molecule has 0 saturated heterocycles. The van der Waals surface area contributed by atoms with Gasteiger partial charge in [-0.1, -0.05) is 63.6 Å². The summed E-state index contributed by atoms with van der Waals surface area (Å²) in [6, 6.07) is 9.95. The van der Waals surface area contributed by atoms with Crippen LogP contribution in [0.5, 0.6) is 0 Å². The van der Waals surface area contributed by atoms with Gasteiger partial charge in [0.05, 0.1) is 5.71 Å². The third kappa shape index (κ3) is 3.81. The molecule has 0 N–H and O–H groups in total. The van der Waals surface area contributed by atoms with E-state index in [4.69, 9.17) is 4.74 Å². The topological polar surface area (TPSA) is 38.7 Å². The first-order valence-corrected chi connectivity index (χ1v) is 7.68. The van der Waals surface area contributed by atoms with Crippen LogP contribution in [0.25, 0.3) is 0 Å². The molecule has 0 spiro atoms. The molecule has 0 amide bonds. The fourth-order valence-corrected chi connectivity index (χ4v) is 2.33. The number of aliphatic imine (C=N–C) groups is 1. The molecule has 1 aromatic carbocycles. The third-order valence-corrected chi connectivity index (χ3v) is 3.52. The third-order valence-electron chi connectivity index (χ3n) is 3.52. The number of carbonyl (C=O) groups excluding carboxylic acids is 1. The van der Waals surface area contributed by atoms with E-state index in [-0.39, 0.29) is 18.0 Å². The lowest BCUT2D eigenvalue weighted by atomic mass is 9.95. The summed E-state index contributed by atoms with van der Waals surface area (Å²) >= 11 is 0. The van der Waals surface area contributed by atoms with E-state index in [2.05, 4.69) is 11.9 Å². The van der Waals surface area contributed by atoms with Crippen molar-refractivity contribution in [2.24, 2.45) is 10.9 Å². The van der Waals surface area contributed by atoms with Crippen molar-refractivity contribution in [3.63, 3.8) is 0 Å². The number of esters is 1. The highest BCUT2D eigenvalue weighted by Crippen LogP contribution is 2.23. The Hall–Kier alpha value is -1.90. The van der Waals surface area contributed by atoms with Gasteiger partial charge in [0.25, 0.3) is 0 Å². The smallest absolute Gasteiger partial charge is 0.357 e. The second-order valence-electron chi connectivity index (χ2n) is 5.66. The van der Waals surface area contributed by atoms with Crippen LogP contribution >= 0.6 is 0 Å². The molecule has 0 aliphatic carbocycles. The molecule has 21 heavy (non-hydrogen) atoms. The van der Waals surface area contributed by atoms with Gasteiger partial charge < -0.3 is 4.74 Å². The van der Waals surface area contributed by atoms with Gasteiger partial charge in [-0.15, -0.1) is 0 Å². The van der Waals surface area contributed by atoms with Gasteiger partial charge in [0.1, 0.15) is 11.8 Å². The predicted octanol–water partition coefficient (Wildman–Crippen LogP) is 4.13. The molecule has 3 nitrogen and oxygen atoms in total. The Kier molecular flexibility index (Phi) is 5.32. The Morgan fingerprint density at radius 1 is 1.29 bits per heavy atom. The number of rotatable bonds is 5. The summed E-state index contributed by atoms with van der Waals surface area (Å²) < 4.78 is 5.62. The highest BCUT2D eigenvalue weighted by Gasteiger charge is 2.31. The van der Waals surface area contributed by atoms with Gasteiger partial charge in [0.2, 0.25) is 0 Å². The molecule has 1 aliphatic rings. The number of benzene rings is 1. The van der Waals surface area contributed by atoms with Gasteiger partial charge >= 0.3 is 5.97 Å². The van der Waals surface area contributed by atoms with E-state index in [1.165, 1.54) is 0 Å². The molecule has 1 heterocycles. The van der Waals surface area contributed by atoms with Crippen molar-refractivity contribution in [2.75, 3.05) is 0 Å². The van der Waals surface area contributed by atoms with Crippen LogP contribution < -0.4 is 0 Å². The second kappa shape index (κ2) is 7.21. The van der Waals surface area contributed by atoms with E-state index in [1.807, 2.05) is 50.3 Å². The van der Waals surface area contributed by atoms with E-state index in [0.29, 0.717) is 5.70 Å². The van der Waals surface area contributed by atoms with E-state index in [0.717, 1.165) is 30.5 Å². The van der Waals surface area contributed by atoms with Gasteiger partial charge in [0.15, 0.2) is 0 Å². The molecule has 0 radical (unpaired) electrons. The zero-order valence-electron chi connectivity index (χ0n) is 13.0. The number of carbonyl (C=O) groups is 1. The number of nitrogens with zero attached hydrogens (tertiary/aromatic N) is 1. The van der Waals surface area contributed by atoms with Crippen molar-refractivity contribution in [3.8, 4) is 0 Å². The molecule has 1 atom stereocenters. The first kappa shape index (κ1) is 15.5. The predicted molar refractivity (Wildman–Crippen MR) is 85.3 cm³/mol. The Morgan fingerprint density at radius 2 is 2.00 bits per heavy atom.